The Bertz CT molecular complexity index is 836. The van der Waals surface area contributed by atoms with E-state index < -0.39 is 0 Å². The zero-order chi connectivity index (χ0) is 17.2. The Morgan fingerprint density at radius 1 is 1.20 bits per heavy atom. The van der Waals surface area contributed by atoms with Gasteiger partial charge in [0, 0.05) is 39.3 Å². The average Bonchev–Trinajstić information content (AvgIpc) is 3.26. The predicted molar refractivity (Wildman–Crippen MR) is 93.1 cm³/mol. The lowest BCUT2D eigenvalue weighted by Crippen LogP contribution is -2.45. The molecule has 3 N–H and O–H groups in total. The summed E-state index contributed by atoms with van der Waals surface area (Å²) in [4.78, 5) is 17.7. The molecule has 0 aromatic carbocycles. The third-order valence-electron chi connectivity index (χ3n) is 4.28. The molecule has 1 aliphatic rings. The highest BCUT2D eigenvalue weighted by Gasteiger charge is 2.15. The van der Waals surface area contributed by atoms with E-state index in [1.807, 2.05) is 0 Å². The van der Waals surface area contributed by atoms with E-state index in [0.29, 0.717) is 23.3 Å². The standard InChI is InChI=1S/C15H21N9O/c1-22-6-8-23(9-7-22)5-4-17-14-19-13(16)24-15(20-14)18-12(21-24)11-3-2-10-25-11/h2-3,10H,4-9H2,1H3,(H3,16,17,18,19,20,21). The van der Waals surface area contributed by atoms with Gasteiger partial charge in [-0.05, 0) is 19.2 Å². The number of nitrogens with zero attached hydrogens (tertiary/aromatic N) is 7. The Kier molecular flexibility index (Phi) is 4.20. The van der Waals surface area contributed by atoms with Crippen molar-refractivity contribution in [2.45, 2.75) is 0 Å². The molecule has 1 aliphatic heterocycles. The first-order valence-corrected chi connectivity index (χ1v) is 8.28. The van der Waals surface area contributed by atoms with Gasteiger partial charge in [-0.15, -0.1) is 5.10 Å². The molecule has 0 amide bonds. The molecule has 1 fully saturated rings. The number of rotatable bonds is 5. The van der Waals surface area contributed by atoms with Crippen LogP contribution in [0.3, 0.4) is 0 Å². The number of hydrogen-bond acceptors (Lipinski definition) is 9. The molecule has 10 nitrogen and oxygen atoms in total. The number of furan rings is 1. The van der Waals surface area contributed by atoms with E-state index in [9.17, 15) is 0 Å². The monoisotopic (exact) mass is 343 g/mol. The molecule has 0 atom stereocenters. The van der Waals surface area contributed by atoms with Crippen molar-refractivity contribution in [3.05, 3.63) is 18.4 Å². The van der Waals surface area contributed by atoms with Crippen molar-refractivity contribution in [2.75, 3.05) is 57.4 Å². The molecule has 1 saturated heterocycles. The second kappa shape index (κ2) is 6.65. The highest BCUT2D eigenvalue weighted by atomic mass is 16.3. The van der Waals surface area contributed by atoms with E-state index >= 15 is 0 Å². The highest BCUT2D eigenvalue weighted by molar-refractivity contribution is 5.52. The molecule has 0 unspecified atom stereocenters. The maximum Gasteiger partial charge on any atom is 0.259 e. The summed E-state index contributed by atoms with van der Waals surface area (Å²) in [6.07, 6.45) is 1.57. The van der Waals surface area contributed by atoms with Gasteiger partial charge in [0.15, 0.2) is 5.76 Å². The van der Waals surface area contributed by atoms with Gasteiger partial charge in [0.25, 0.3) is 5.78 Å². The first-order valence-electron chi connectivity index (χ1n) is 8.28. The highest BCUT2D eigenvalue weighted by Crippen LogP contribution is 2.17. The van der Waals surface area contributed by atoms with Gasteiger partial charge in [-0.3, -0.25) is 4.90 Å². The summed E-state index contributed by atoms with van der Waals surface area (Å²) < 4.78 is 6.71. The maximum atomic E-state index is 5.98. The van der Waals surface area contributed by atoms with E-state index in [-0.39, 0.29) is 5.95 Å². The molecule has 0 bridgehead atoms. The molecule has 10 heteroatoms. The minimum absolute atomic E-state index is 0.234. The van der Waals surface area contributed by atoms with Crippen LogP contribution < -0.4 is 11.1 Å². The van der Waals surface area contributed by atoms with Crippen LogP contribution in [0.15, 0.2) is 22.8 Å². The quantitative estimate of drug-likeness (QED) is 0.661. The summed E-state index contributed by atoms with van der Waals surface area (Å²) >= 11 is 0. The second-order valence-electron chi connectivity index (χ2n) is 6.10. The number of nitrogen functional groups attached to an aromatic ring is 1. The normalized spacial score (nSPS) is 16.5. The van der Waals surface area contributed by atoms with Gasteiger partial charge in [0.2, 0.25) is 17.7 Å². The van der Waals surface area contributed by atoms with Crippen LogP contribution in [-0.2, 0) is 0 Å². The summed E-state index contributed by atoms with van der Waals surface area (Å²) in [6.45, 7) is 6.05. The van der Waals surface area contributed by atoms with E-state index in [0.717, 1.165) is 39.3 Å². The third-order valence-corrected chi connectivity index (χ3v) is 4.28. The van der Waals surface area contributed by atoms with Crippen LogP contribution >= 0.6 is 0 Å². The fraction of sp³-hybridized carbons (Fsp3) is 0.467. The van der Waals surface area contributed by atoms with Crippen molar-refractivity contribution in [2.24, 2.45) is 0 Å². The van der Waals surface area contributed by atoms with E-state index in [2.05, 4.69) is 42.2 Å². The minimum Gasteiger partial charge on any atom is -0.461 e. The first kappa shape index (κ1) is 15.8. The molecule has 25 heavy (non-hydrogen) atoms. The number of fused-ring (bicyclic) bond motifs is 1. The number of hydrogen-bond donors (Lipinski definition) is 2. The Morgan fingerprint density at radius 2 is 2.04 bits per heavy atom. The Balaban J connectivity index is 1.43. The third kappa shape index (κ3) is 3.39. The van der Waals surface area contributed by atoms with E-state index in [1.165, 1.54) is 4.52 Å². The summed E-state index contributed by atoms with van der Waals surface area (Å²) in [7, 11) is 2.15. The molecule has 4 heterocycles. The molecule has 4 rings (SSSR count). The van der Waals surface area contributed by atoms with Gasteiger partial charge in [0.1, 0.15) is 0 Å². The molecule has 0 aliphatic carbocycles. The number of nitrogens with one attached hydrogen (secondary N) is 1. The number of aromatic nitrogens is 5. The predicted octanol–water partition coefficient (Wildman–Crippen LogP) is 0.0208. The Morgan fingerprint density at radius 3 is 2.80 bits per heavy atom. The zero-order valence-corrected chi connectivity index (χ0v) is 14.1. The van der Waals surface area contributed by atoms with Crippen molar-refractivity contribution in [1.82, 2.24) is 34.4 Å². The molecule has 3 aromatic rings. The van der Waals surface area contributed by atoms with Gasteiger partial charge in [-0.1, -0.05) is 0 Å². The van der Waals surface area contributed by atoms with Crippen LogP contribution in [0.25, 0.3) is 17.4 Å². The lowest BCUT2D eigenvalue weighted by molar-refractivity contribution is 0.158. The molecular formula is C15H21N9O. The summed E-state index contributed by atoms with van der Waals surface area (Å²) in [5, 5.41) is 7.50. The van der Waals surface area contributed by atoms with Gasteiger partial charge in [-0.2, -0.15) is 19.5 Å². The molecule has 0 saturated carbocycles. The van der Waals surface area contributed by atoms with Crippen LogP contribution in [0.2, 0.25) is 0 Å². The SMILES string of the molecule is CN1CCN(CCNc2nc(N)n3nc(-c4ccco4)nc3n2)CC1. The summed E-state index contributed by atoms with van der Waals surface area (Å²) in [5.74, 6) is 2.07. The number of nitrogens with two attached hydrogens (primary N) is 1. The van der Waals surface area contributed by atoms with Crippen molar-refractivity contribution in [3.63, 3.8) is 0 Å². The van der Waals surface area contributed by atoms with Crippen LogP contribution in [-0.4, -0.2) is 80.7 Å². The molecular weight excluding hydrogens is 322 g/mol. The summed E-state index contributed by atoms with van der Waals surface area (Å²) in [6, 6.07) is 3.56. The minimum atomic E-state index is 0.234. The van der Waals surface area contributed by atoms with Crippen LogP contribution in [0.5, 0.6) is 0 Å². The van der Waals surface area contributed by atoms with Gasteiger partial charge in [0.05, 0.1) is 6.26 Å². The number of piperazine rings is 1. The number of likely N-dealkylation sites (N-methyl/N-ethyl adjacent to an activating group) is 1. The second-order valence-corrected chi connectivity index (χ2v) is 6.10. The number of anilines is 2. The molecule has 0 radical (unpaired) electrons. The lowest BCUT2D eigenvalue weighted by atomic mass is 10.3. The fourth-order valence-corrected chi connectivity index (χ4v) is 2.79. The zero-order valence-electron chi connectivity index (χ0n) is 14.1. The molecule has 0 spiro atoms. The van der Waals surface area contributed by atoms with Crippen molar-refractivity contribution < 1.29 is 4.42 Å². The van der Waals surface area contributed by atoms with E-state index in [1.54, 1.807) is 18.4 Å². The first-order chi connectivity index (χ1) is 12.2. The molecule has 3 aromatic heterocycles. The lowest BCUT2D eigenvalue weighted by Gasteiger charge is -2.32. The Hall–Kier alpha value is -2.72. The maximum absolute atomic E-state index is 5.98. The van der Waals surface area contributed by atoms with Gasteiger partial charge in [-0.25, -0.2) is 0 Å². The largest absolute Gasteiger partial charge is 0.461 e. The van der Waals surface area contributed by atoms with Crippen LogP contribution in [0.4, 0.5) is 11.9 Å². The molecule has 132 valence electrons. The van der Waals surface area contributed by atoms with Crippen LogP contribution in [0.1, 0.15) is 0 Å². The van der Waals surface area contributed by atoms with Gasteiger partial charge < -0.3 is 20.4 Å². The van der Waals surface area contributed by atoms with Crippen molar-refractivity contribution >= 4 is 17.7 Å². The fourth-order valence-electron chi connectivity index (χ4n) is 2.79. The smallest absolute Gasteiger partial charge is 0.259 e. The van der Waals surface area contributed by atoms with Crippen molar-refractivity contribution in [3.8, 4) is 11.6 Å². The Labute approximate surface area is 144 Å². The van der Waals surface area contributed by atoms with Gasteiger partial charge >= 0.3 is 0 Å². The van der Waals surface area contributed by atoms with E-state index in [4.69, 9.17) is 10.2 Å². The topological polar surface area (TPSA) is 114 Å². The van der Waals surface area contributed by atoms with Crippen LogP contribution in [0, 0.1) is 0 Å². The average molecular weight is 343 g/mol. The summed E-state index contributed by atoms with van der Waals surface area (Å²) in [5.41, 5.74) is 5.98. The van der Waals surface area contributed by atoms with Crippen molar-refractivity contribution in [1.29, 1.82) is 0 Å².